The number of nitrogens with zero attached hydrogens (tertiary/aromatic N) is 3. The first-order chi connectivity index (χ1) is 8.32. The highest BCUT2D eigenvalue weighted by molar-refractivity contribution is 5.03. The Labute approximate surface area is 103 Å². The van der Waals surface area contributed by atoms with Crippen LogP contribution in [-0.4, -0.2) is 21.9 Å². The second kappa shape index (κ2) is 5.87. The van der Waals surface area contributed by atoms with E-state index in [0.717, 1.165) is 6.07 Å². The summed E-state index contributed by atoms with van der Waals surface area (Å²) >= 11 is 0. The minimum atomic E-state index is -4.42. The van der Waals surface area contributed by atoms with Gasteiger partial charge in [-0.1, -0.05) is 0 Å². The average molecular weight is 260 g/mol. The summed E-state index contributed by atoms with van der Waals surface area (Å²) in [7, 11) is 0. The molecule has 18 heavy (non-hydrogen) atoms. The molecule has 1 atom stereocenters. The minimum Gasteiger partial charge on any atom is -0.300 e. The summed E-state index contributed by atoms with van der Waals surface area (Å²) in [6.45, 7) is 4.08. The molecule has 0 aliphatic carbocycles. The molecule has 1 N–H and O–H groups in total. The fourth-order valence-corrected chi connectivity index (χ4v) is 1.49. The Morgan fingerprint density at radius 2 is 2.17 bits per heavy atom. The molecule has 0 aromatic carbocycles. The van der Waals surface area contributed by atoms with E-state index in [1.54, 1.807) is 0 Å². The van der Waals surface area contributed by atoms with Crippen molar-refractivity contribution < 1.29 is 13.2 Å². The zero-order valence-corrected chi connectivity index (χ0v) is 10.2. The molecule has 0 bridgehead atoms. The third kappa shape index (κ3) is 4.37. The first-order valence-corrected chi connectivity index (χ1v) is 5.59. The molecule has 0 fully saturated rings. The normalized spacial score (nSPS) is 13.6. The van der Waals surface area contributed by atoms with E-state index in [1.165, 1.54) is 10.9 Å². The van der Waals surface area contributed by atoms with Crippen molar-refractivity contribution in [2.24, 2.45) is 0 Å². The third-order valence-electron chi connectivity index (χ3n) is 2.27. The van der Waals surface area contributed by atoms with Gasteiger partial charge in [-0.15, -0.1) is 0 Å². The Hall–Kier alpha value is -1.55. The number of alkyl halides is 3. The number of aromatic nitrogens is 2. The maximum Gasteiger partial charge on any atom is 0.435 e. The first-order valence-electron chi connectivity index (χ1n) is 5.59. The third-order valence-corrected chi connectivity index (χ3v) is 2.27. The van der Waals surface area contributed by atoms with Crippen molar-refractivity contribution in [3.63, 3.8) is 0 Å². The Morgan fingerprint density at radius 3 is 2.61 bits per heavy atom. The van der Waals surface area contributed by atoms with Crippen LogP contribution in [0, 0.1) is 11.3 Å². The fourth-order valence-electron chi connectivity index (χ4n) is 1.49. The smallest absolute Gasteiger partial charge is 0.300 e. The van der Waals surface area contributed by atoms with Gasteiger partial charge < -0.3 is 0 Å². The van der Waals surface area contributed by atoms with Crippen LogP contribution in [0.2, 0.25) is 0 Å². The Morgan fingerprint density at radius 1 is 1.50 bits per heavy atom. The van der Waals surface area contributed by atoms with Crippen molar-refractivity contribution in [1.82, 2.24) is 15.1 Å². The summed E-state index contributed by atoms with van der Waals surface area (Å²) in [5.41, 5.74) is -0.909. The zero-order valence-electron chi connectivity index (χ0n) is 10.2. The second-order valence-electron chi connectivity index (χ2n) is 4.25. The Bertz CT molecular complexity index is 417. The molecule has 0 aliphatic rings. The highest BCUT2D eigenvalue weighted by atomic mass is 19.4. The summed E-state index contributed by atoms with van der Waals surface area (Å²) in [5, 5.41) is 15.3. The molecule has 0 saturated carbocycles. The molecule has 1 rings (SSSR count). The monoisotopic (exact) mass is 260 g/mol. The molecule has 0 aliphatic heterocycles. The Balaban J connectivity index is 2.53. The molecule has 0 amide bonds. The van der Waals surface area contributed by atoms with E-state index in [1.807, 2.05) is 13.8 Å². The molecule has 0 spiro atoms. The highest BCUT2D eigenvalue weighted by Crippen LogP contribution is 2.27. The SMILES string of the molecule is CC(C)NC(C#N)CCn1ccc(C(F)(F)F)n1. The predicted molar refractivity (Wildman–Crippen MR) is 59.5 cm³/mol. The van der Waals surface area contributed by atoms with Crippen molar-refractivity contribution in [2.45, 2.75) is 45.1 Å². The Kier molecular flexibility index (Phi) is 4.73. The van der Waals surface area contributed by atoms with Gasteiger partial charge in [-0.2, -0.15) is 23.5 Å². The van der Waals surface area contributed by atoms with Crippen molar-refractivity contribution in [1.29, 1.82) is 5.26 Å². The largest absolute Gasteiger partial charge is 0.435 e. The lowest BCUT2D eigenvalue weighted by Crippen LogP contribution is -2.34. The zero-order chi connectivity index (χ0) is 13.8. The van der Waals surface area contributed by atoms with Gasteiger partial charge in [-0.05, 0) is 26.3 Å². The summed E-state index contributed by atoms with van der Waals surface area (Å²) in [4.78, 5) is 0. The van der Waals surface area contributed by atoms with Crippen LogP contribution in [0.4, 0.5) is 13.2 Å². The number of nitrogens with one attached hydrogen (secondary N) is 1. The molecule has 1 aromatic heterocycles. The van der Waals surface area contributed by atoms with Gasteiger partial charge in [0.05, 0.1) is 12.1 Å². The van der Waals surface area contributed by atoms with Gasteiger partial charge in [0.25, 0.3) is 0 Å². The number of hydrogen-bond donors (Lipinski definition) is 1. The molecule has 100 valence electrons. The highest BCUT2D eigenvalue weighted by Gasteiger charge is 2.33. The minimum absolute atomic E-state index is 0.151. The summed E-state index contributed by atoms with van der Waals surface area (Å²) in [5.74, 6) is 0. The van der Waals surface area contributed by atoms with E-state index in [4.69, 9.17) is 5.26 Å². The van der Waals surface area contributed by atoms with Crippen molar-refractivity contribution >= 4 is 0 Å². The van der Waals surface area contributed by atoms with Crippen LogP contribution in [0.3, 0.4) is 0 Å². The van der Waals surface area contributed by atoms with Crippen molar-refractivity contribution in [2.75, 3.05) is 0 Å². The van der Waals surface area contributed by atoms with Crippen molar-refractivity contribution in [3.8, 4) is 6.07 Å². The molecule has 1 unspecified atom stereocenters. The fraction of sp³-hybridized carbons (Fsp3) is 0.636. The molecule has 0 saturated heterocycles. The molecular formula is C11H15F3N4. The van der Waals surface area contributed by atoms with E-state index in [2.05, 4.69) is 16.5 Å². The molecule has 0 radical (unpaired) electrons. The van der Waals surface area contributed by atoms with Gasteiger partial charge in [-0.25, -0.2) is 0 Å². The number of aryl methyl sites for hydroxylation is 1. The van der Waals surface area contributed by atoms with E-state index in [-0.39, 0.29) is 18.6 Å². The van der Waals surface area contributed by atoms with Crippen LogP contribution < -0.4 is 5.32 Å². The van der Waals surface area contributed by atoms with Crippen LogP contribution >= 0.6 is 0 Å². The van der Waals surface area contributed by atoms with Crippen LogP contribution in [-0.2, 0) is 12.7 Å². The van der Waals surface area contributed by atoms with E-state index < -0.39 is 11.9 Å². The molecule has 7 heteroatoms. The van der Waals surface area contributed by atoms with Gasteiger partial charge in [0.2, 0.25) is 0 Å². The van der Waals surface area contributed by atoms with Crippen LogP contribution in [0.5, 0.6) is 0 Å². The summed E-state index contributed by atoms with van der Waals surface area (Å²) in [6.07, 6.45) is -2.74. The number of hydrogen-bond acceptors (Lipinski definition) is 3. The first kappa shape index (κ1) is 14.5. The predicted octanol–water partition coefficient (Wildman–Crippen LogP) is 2.18. The lowest BCUT2D eigenvalue weighted by molar-refractivity contribution is -0.141. The maximum absolute atomic E-state index is 12.3. The van der Waals surface area contributed by atoms with Gasteiger partial charge >= 0.3 is 6.18 Å². The maximum atomic E-state index is 12.3. The molecule has 4 nitrogen and oxygen atoms in total. The summed E-state index contributed by atoms with van der Waals surface area (Å²) in [6, 6.07) is 2.76. The topological polar surface area (TPSA) is 53.6 Å². The molecule has 1 heterocycles. The molecule has 1 aromatic rings. The van der Waals surface area contributed by atoms with Crippen LogP contribution in [0.1, 0.15) is 26.0 Å². The van der Waals surface area contributed by atoms with E-state index >= 15 is 0 Å². The van der Waals surface area contributed by atoms with Crippen molar-refractivity contribution in [3.05, 3.63) is 18.0 Å². The second-order valence-corrected chi connectivity index (χ2v) is 4.25. The van der Waals surface area contributed by atoms with Gasteiger partial charge in [0, 0.05) is 18.8 Å². The lowest BCUT2D eigenvalue weighted by Gasteiger charge is -2.14. The number of rotatable bonds is 5. The van der Waals surface area contributed by atoms with Crippen LogP contribution in [0.25, 0.3) is 0 Å². The number of halogens is 3. The average Bonchev–Trinajstić information content (AvgIpc) is 2.71. The standard InChI is InChI=1S/C11H15F3N4/c1-8(2)16-9(7-15)3-5-18-6-4-10(17-18)11(12,13)14/h4,6,8-9,16H,3,5H2,1-2H3. The van der Waals surface area contributed by atoms with Crippen LogP contribution in [0.15, 0.2) is 12.3 Å². The van der Waals surface area contributed by atoms with Gasteiger partial charge in [0.15, 0.2) is 5.69 Å². The van der Waals surface area contributed by atoms with E-state index in [0.29, 0.717) is 6.42 Å². The quantitative estimate of drug-likeness (QED) is 0.882. The van der Waals surface area contributed by atoms with E-state index in [9.17, 15) is 13.2 Å². The lowest BCUT2D eigenvalue weighted by atomic mass is 10.2. The number of nitriles is 1. The van der Waals surface area contributed by atoms with Gasteiger partial charge in [0.1, 0.15) is 0 Å². The summed E-state index contributed by atoms with van der Waals surface area (Å²) < 4.78 is 38.1. The molecular weight excluding hydrogens is 245 g/mol. The van der Waals surface area contributed by atoms with Gasteiger partial charge in [-0.3, -0.25) is 10.00 Å².